The molecule has 2 atom stereocenters. The first-order valence-corrected chi connectivity index (χ1v) is 6.25. The molecule has 0 aliphatic carbocycles. The molecule has 0 aromatic heterocycles. The van der Waals surface area contributed by atoms with E-state index >= 15 is 0 Å². The highest BCUT2D eigenvalue weighted by Gasteiger charge is 2.34. The summed E-state index contributed by atoms with van der Waals surface area (Å²) in [6.07, 6.45) is 0.548. The van der Waals surface area contributed by atoms with E-state index < -0.39 is 5.60 Å². The van der Waals surface area contributed by atoms with Crippen molar-refractivity contribution in [1.29, 1.82) is 0 Å². The monoisotopic (exact) mass is 241 g/mol. The van der Waals surface area contributed by atoms with Gasteiger partial charge in [-0.1, -0.05) is 37.3 Å². The molecule has 0 aliphatic rings. The lowest BCUT2D eigenvalue weighted by atomic mass is 9.85. The molecule has 16 heavy (non-hydrogen) atoms. The number of hydrogen-bond acceptors (Lipinski definition) is 2. The van der Waals surface area contributed by atoms with Gasteiger partial charge >= 0.3 is 0 Å². The first-order valence-electron chi connectivity index (χ1n) is 5.72. The predicted molar refractivity (Wildman–Crippen MR) is 68.8 cm³/mol. The summed E-state index contributed by atoms with van der Waals surface area (Å²) in [5, 5.41) is 14.0. The zero-order chi connectivity index (χ0) is 12.0. The van der Waals surface area contributed by atoms with Crippen LogP contribution in [0.1, 0.15) is 25.8 Å². The Kier molecular flexibility index (Phi) is 5.26. The summed E-state index contributed by atoms with van der Waals surface area (Å²) >= 11 is 5.79. The number of aliphatic hydroxyl groups is 1. The Morgan fingerprint density at radius 1 is 1.38 bits per heavy atom. The van der Waals surface area contributed by atoms with Gasteiger partial charge in [-0.3, -0.25) is 0 Å². The zero-order valence-corrected chi connectivity index (χ0v) is 10.7. The van der Waals surface area contributed by atoms with Gasteiger partial charge in [0.05, 0.1) is 0 Å². The smallest absolute Gasteiger partial charge is 0.106 e. The van der Waals surface area contributed by atoms with E-state index in [1.54, 1.807) is 0 Å². The number of alkyl halides is 1. The molecule has 1 rings (SSSR count). The molecule has 0 saturated heterocycles. The van der Waals surface area contributed by atoms with E-state index in [0.717, 1.165) is 12.1 Å². The van der Waals surface area contributed by atoms with Crippen LogP contribution in [0.4, 0.5) is 0 Å². The number of hydrogen-bond donors (Lipinski definition) is 2. The molecule has 90 valence electrons. The minimum absolute atomic E-state index is 0.0151. The van der Waals surface area contributed by atoms with Crippen molar-refractivity contribution in [2.45, 2.75) is 31.9 Å². The highest BCUT2D eigenvalue weighted by molar-refractivity contribution is 6.17. The van der Waals surface area contributed by atoms with Crippen LogP contribution in [0.3, 0.4) is 0 Å². The third kappa shape index (κ3) is 2.97. The normalized spacial score (nSPS) is 16.8. The molecule has 0 saturated carbocycles. The Morgan fingerprint density at radius 3 is 2.50 bits per heavy atom. The standard InChI is InChI=1S/C13H20ClNO/c1-3-15-11(2)13(16,9-10-14)12-7-5-4-6-8-12/h4-8,11,15-16H,3,9-10H2,1-2H3. The molecule has 0 aliphatic heterocycles. The van der Waals surface area contributed by atoms with E-state index in [9.17, 15) is 5.11 Å². The molecular formula is C13H20ClNO. The van der Waals surface area contributed by atoms with Crippen molar-refractivity contribution in [2.75, 3.05) is 12.4 Å². The number of rotatable bonds is 6. The molecule has 0 bridgehead atoms. The maximum Gasteiger partial charge on any atom is 0.106 e. The summed E-state index contributed by atoms with van der Waals surface area (Å²) in [6, 6.07) is 9.70. The van der Waals surface area contributed by atoms with E-state index in [0.29, 0.717) is 12.3 Å². The fraction of sp³-hybridized carbons (Fsp3) is 0.538. The second kappa shape index (κ2) is 6.24. The highest BCUT2D eigenvalue weighted by atomic mass is 35.5. The van der Waals surface area contributed by atoms with Gasteiger partial charge in [0.2, 0.25) is 0 Å². The van der Waals surface area contributed by atoms with E-state index in [1.165, 1.54) is 0 Å². The van der Waals surface area contributed by atoms with Crippen molar-refractivity contribution >= 4 is 11.6 Å². The number of nitrogens with one attached hydrogen (secondary N) is 1. The molecule has 2 N–H and O–H groups in total. The van der Waals surface area contributed by atoms with Crippen LogP contribution in [0.25, 0.3) is 0 Å². The summed E-state index contributed by atoms with van der Waals surface area (Å²) < 4.78 is 0. The molecule has 3 heteroatoms. The van der Waals surface area contributed by atoms with E-state index in [-0.39, 0.29) is 6.04 Å². The van der Waals surface area contributed by atoms with Crippen LogP contribution < -0.4 is 5.32 Å². The fourth-order valence-corrected chi connectivity index (χ4v) is 2.24. The predicted octanol–water partition coefficient (Wildman–Crippen LogP) is 2.50. The third-order valence-electron chi connectivity index (χ3n) is 2.98. The Hall–Kier alpha value is -0.570. The van der Waals surface area contributed by atoms with Crippen LogP contribution in [0.15, 0.2) is 30.3 Å². The van der Waals surface area contributed by atoms with Crippen LogP contribution in [-0.4, -0.2) is 23.6 Å². The SMILES string of the molecule is CCNC(C)C(O)(CCCl)c1ccccc1. The first-order chi connectivity index (χ1) is 7.65. The molecular weight excluding hydrogens is 222 g/mol. The molecule has 0 heterocycles. The first kappa shape index (κ1) is 13.5. The van der Waals surface area contributed by atoms with Crippen molar-refractivity contribution in [3.8, 4) is 0 Å². The van der Waals surface area contributed by atoms with Gasteiger partial charge in [-0.2, -0.15) is 0 Å². The van der Waals surface area contributed by atoms with Crippen LogP contribution in [0.2, 0.25) is 0 Å². The van der Waals surface area contributed by atoms with Gasteiger partial charge in [0.25, 0.3) is 0 Å². The Morgan fingerprint density at radius 2 is 2.00 bits per heavy atom. The van der Waals surface area contributed by atoms with Gasteiger partial charge < -0.3 is 10.4 Å². The molecule has 0 radical (unpaired) electrons. The summed E-state index contributed by atoms with van der Waals surface area (Å²) in [6.45, 7) is 4.85. The van der Waals surface area contributed by atoms with Gasteiger partial charge in [-0.05, 0) is 25.5 Å². The molecule has 2 nitrogen and oxygen atoms in total. The molecule has 1 aromatic carbocycles. The molecule has 0 amide bonds. The Labute approximate surface area is 103 Å². The number of likely N-dealkylation sites (N-methyl/N-ethyl adjacent to an activating group) is 1. The summed E-state index contributed by atoms with van der Waals surface area (Å²) in [7, 11) is 0. The minimum atomic E-state index is -0.890. The van der Waals surface area contributed by atoms with Crippen molar-refractivity contribution in [3.63, 3.8) is 0 Å². The van der Waals surface area contributed by atoms with Crippen LogP contribution >= 0.6 is 11.6 Å². The van der Waals surface area contributed by atoms with Crippen molar-refractivity contribution in [3.05, 3.63) is 35.9 Å². The second-order valence-electron chi connectivity index (χ2n) is 4.01. The molecule has 1 aromatic rings. The van der Waals surface area contributed by atoms with Crippen LogP contribution in [-0.2, 0) is 5.60 Å². The number of benzene rings is 1. The Bertz CT molecular complexity index is 304. The topological polar surface area (TPSA) is 32.3 Å². The number of halogens is 1. The van der Waals surface area contributed by atoms with Gasteiger partial charge in [-0.25, -0.2) is 0 Å². The second-order valence-corrected chi connectivity index (χ2v) is 4.39. The average Bonchev–Trinajstić information content (AvgIpc) is 2.30. The zero-order valence-electron chi connectivity index (χ0n) is 9.91. The minimum Gasteiger partial charge on any atom is -0.383 e. The van der Waals surface area contributed by atoms with Gasteiger partial charge in [0.15, 0.2) is 0 Å². The van der Waals surface area contributed by atoms with E-state index in [1.807, 2.05) is 44.2 Å². The summed E-state index contributed by atoms with van der Waals surface area (Å²) in [4.78, 5) is 0. The lowest BCUT2D eigenvalue weighted by Crippen LogP contribution is -2.47. The van der Waals surface area contributed by atoms with Crippen molar-refractivity contribution in [1.82, 2.24) is 5.32 Å². The van der Waals surface area contributed by atoms with Gasteiger partial charge in [0.1, 0.15) is 5.60 Å². The van der Waals surface area contributed by atoms with Gasteiger partial charge in [-0.15, -0.1) is 11.6 Å². The maximum atomic E-state index is 10.7. The highest BCUT2D eigenvalue weighted by Crippen LogP contribution is 2.29. The van der Waals surface area contributed by atoms with Crippen LogP contribution in [0, 0.1) is 0 Å². The largest absolute Gasteiger partial charge is 0.383 e. The summed E-state index contributed by atoms with van der Waals surface area (Å²) in [5.41, 5.74) is 0.0306. The maximum absolute atomic E-state index is 10.7. The molecule has 0 fully saturated rings. The third-order valence-corrected chi connectivity index (χ3v) is 3.16. The van der Waals surface area contributed by atoms with Gasteiger partial charge in [0, 0.05) is 11.9 Å². The van der Waals surface area contributed by atoms with Crippen LogP contribution in [0.5, 0.6) is 0 Å². The fourth-order valence-electron chi connectivity index (χ4n) is 1.96. The quantitative estimate of drug-likeness (QED) is 0.751. The Balaban J connectivity index is 2.96. The lowest BCUT2D eigenvalue weighted by molar-refractivity contribution is 0.0000504. The average molecular weight is 242 g/mol. The molecule has 0 spiro atoms. The summed E-state index contributed by atoms with van der Waals surface area (Å²) in [5.74, 6) is 0.446. The lowest BCUT2D eigenvalue weighted by Gasteiger charge is -2.34. The van der Waals surface area contributed by atoms with E-state index in [2.05, 4.69) is 5.32 Å². The molecule has 2 unspecified atom stereocenters. The van der Waals surface area contributed by atoms with E-state index in [4.69, 9.17) is 11.6 Å². The van der Waals surface area contributed by atoms with Crippen molar-refractivity contribution < 1.29 is 5.11 Å². The van der Waals surface area contributed by atoms with Crippen molar-refractivity contribution in [2.24, 2.45) is 0 Å².